The Hall–Kier alpha value is -1.10. The van der Waals surface area contributed by atoms with Crippen molar-refractivity contribution >= 4 is 11.9 Å². The molecule has 0 aromatic rings. The predicted molar refractivity (Wildman–Crippen MR) is 50.9 cm³/mol. The maximum absolute atomic E-state index is 10.8. The summed E-state index contributed by atoms with van der Waals surface area (Å²) < 4.78 is 15.4. The van der Waals surface area contributed by atoms with E-state index in [1.165, 1.54) is 13.8 Å². The summed E-state index contributed by atoms with van der Waals surface area (Å²) in [6.07, 6.45) is 0.214. The summed E-state index contributed by atoms with van der Waals surface area (Å²) in [5.74, 6) is -0.681. The molecule has 1 aliphatic rings. The van der Waals surface area contributed by atoms with E-state index in [4.69, 9.17) is 14.2 Å². The molecule has 0 aromatic heterocycles. The standard InChI is InChI=1S/C10H16O5/c1-6-9(14-7(2)11)4-5-10(13-6)15-8(3)12/h6,9-10H,4-5H2,1-3H3. The van der Waals surface area contributed by atoms with Crippen LogP contribution in [0.15, 0.2) is 0 Å². The Morgan fingerprint density at radius 1 is 1.13 bits per heavy atom. The molecule has 1 fully saturated rings. The van der Waals surface area contributed by atoms with Crippen LogP contribution in [-0.2, 0) is 23.8 Å². The number of carbonyl (C=O) groups is 2. The van der Waals surface area contributed by atoms with E-state index >= 15 is 0 Å². The normalized spacial score (nSPS) is 30.7. The number of carbonyl (C=O) groups excluding carboxylic acids is 2. The average Bonchev–Trinajstić information content (AvgIpc) is 2.08. The zero-order chi connectivity index (χ0) is 11.4. The van der Waals surface area contributed by atoms with E-state index in [0.717, 1.165) is 0 Å². The zero-order valence-electron chi connectivity index (χ0n) is 9.19. The first-order chi connectivity index (χ1) is 6.99. The van der Waals surface area contributed by atoms with Crippen LogP contribution in [0.1, 0.15) is 33.6 Å². The molecule has 3 atom stereocenters. The van der Waals surface area contributed by atoms with Gasteiger partial charge in [0.05, 0.1) is 6.10 Å². The van der Waals surface area contributed by atoms with Gasteiger partial charge in [0.2, 0.25) is 6.29 Å². The SMILES string of the molecule is CC(=O)OC1CCC(OC(C)=O)C(C)O1. The molecule has 15 heavy (non-hydrogen) atoms. The summed E-state index contributed by atoms with van der Waals surface area (Å²) in [5, 5.41) is 0. The Morgan fingerprint density at radius 3 is 2.20 bits per heavy atom. The van der Waals surface area contributed by atoms with Gasteiger partial charge in [-0.2, -0.15) is 0 Å². The van der Waals surface area contributed by atoms with Crippen molar-refractivity contribution in [2.24, 2.45) is 0 Å². The van der Waals surface area contributed by atoms with E-state index in [1.54, 1.807) is 6.92 Å². The third-order valence-electron chi connectivity index (χ3n) is 2.19. The number of ether oxygens (including phenoxy) is 3. The third-order valence-corrected chi connectivity index (χ3v) is 2.19. The van der Waals surface area contributed by atoms with Gasteiger partial charge in [0.15, 0.2) is 0 Å². The smallest absolute Gasteiger partial charge is 0.304 e. The molecule has 1 heterocycles. The quantitative estimate of drug-likeness (QED) is 0.644. The maximum atomic E-state index is 10.8. The van der Waals surface area contributed by atoms with Crippen molar-refractivity contribution in [3.63, 3.8) is 0 Å². The van der Waals surface area contributed by atoms with Gasteiger partial charge in [-0.25, -0.2) is 0 Å². The lowest BCUT2D eigenvalue weighted by atomic mass is 10.1. The number of hydrogen-bond acceptors (Lipinski definition) is 5. The molecule has 3 unspecified atom stereocenters. The van der Waals surface area contributed by atoms with Crippen molar-refractivity contribution in [1.82, 2.24) is 0 Å². The molecule has 0 aromatic carbocycles. The highest BCUT2D eigenvalue weighted by atomic mass is 16.7. The third kappa shape index (κ3) is 3.87. The maximum Gasteiger partial charge on any atom is 0.304 e. The number of rotatable bonds is 2. The van der Waals surface area contributed by atoms with Crippen LogP contribution in [-0.4, -0.2) is 30.4 Å². The van der Waals surface area contributed by atoms with Crippen LogP contribution in [0.4, 0.5) is 0 Å². The highest BCUT2D eigenvalue weighted by Crippen LogP contribution is 2.22. The molecule has 0 spiro atoms. The van der Waals surface area contributed by atoms with Gasteiger partial charge in [-0.3, -0.25) is 9.59 Å². The first-order valence-corrected chi connectivity index (χ1v) is 4.99. The molecule has 0 radical (unpaired) electrons. The molecule has 0 aliphatic carbocycles. The van der Waals surface area contributed by atoms with Crippen LogP contribution >= 0.6 is 0 Å². The van der Waals surface area contributed by atoms with Crippen LogP contribution in [0.5, 0.6) is 0 Å². The van der Waals surface area contributed by atoms with Crippen molar-refractivity contribution in [3.8, 4) is 0 Å². The average molecular weight is 216 g/mol. The van der Waals surface area contributed by atoms with Crippen molar-refractivity contribution in [2.75, 3.05) is 0 Å². The summed E-state index contributed by atoms with van der Waals surface area (Å²) in [6, 6.07) is 0. The molecule has 1 saturated heterocycles. The highest BCUT2D eigenvalue weighted by Gasteiger charge is 2.31. The molecule has 0 amide bonds. The van der Waals surface area contributed by atoms with Gasteiger partial charge in [-0.15, -0.1) is 0 Å². The first-order valence-electron chi connectivity index (χ1n) is 4.99. The van der Waals surface area contributed by atoms with Crippen molar-refractivity contribution in [2.45, 2.75) is 52.1 Å². The van der Waals surface area contributed by atoms with Crippen LogP contribution in [0.3, 0.4) is 0 Å². The fourth-order valence-electron chi connectivity index (χ4n) is 1.57. The Kier molecular flexibility index (Phi) is 4.08. The van der Waals surface area contributed by atoms with Crippen LogP contribution < -0.4 is 0 Å². The number of esters is 2. The van der Waals surface area contributed by atoms with Gasteiger partial charge in [-0.1, -0.05) is 0 Å². The summed E-state index contributed by atoms with van der Waals surface area (Å²) in [4.78, 5) is 21.4. The van der Waals surface area contributed by atoms with E-state index in [-0.39, 0.29) is 24.1 Å². The lowest BCUT2D eigenvalue weighted by molar-refractivity contribution is -0.222. The van der Waals surface area contributed by atoms with Crippen molar-refractivity contribution < 1.29 is 23.8 Å². The second kappa shape index (κ2) is 5.11. The van der Waals surface area contributed by atoms with Crippen LogP contribution in [0, 0.1) is 0 Å². The Bertz CT molecular complexity index is 250. The van der Waals surface area contributed by atoms with E-state index in [1.807, 2.05) is 0 Å². The molecule has 5 nitrogen and oxygen atoms in total. The van der Waals surface area contributed by atoms with Crippen LogP contribution in [0.25, 0.3) is 0 Å². The highest BCUT2D eigenvalue weighted by molar-refractivity contribution is 5.66. The predicted octanol–water partition coefficient (Wildman–Crippen LogP) is 1.01. The molecule has 0 saturated carbocycles. The van der Waals surface area contributed by atoms with Crippen LogP contribution in [0.2, 0.25) is 0 Å². The van der Waals surface area contributed by atoms with Gasteiger partial charge in [0.1, 0.15) is 6.10 Å². The van der Waals surface area contributed by atoms with Crippen molar-refractivity contribution in [1.29, 1.82) is 0 Å². The topological polar surface area (TPSA) is 61.8 Å². The largest absolute Gasteiger partial charge is 0.460 e. The summed E-state index contributed by atoms with van der Waals surface area (Å²) in [5.41, 5.74) is 0. The molecular weight excluding hydrogens is 200 g/mol. The second-order valence-electron chi connectivity index (χ2n) is 3.61. The molecule has 5 heteroatoms. The van der Waals surface area contributed by atoms with Gasteiger partial charge in [0.25, 0.3) is 0 Å². The number of hydrogen-bond donors (Lipinski definition) is 0. The molecule has 86 valence electrons. The second-order valence-corrected chi connectivity index (χ2v) is 3.61. The lowest BCUT2D eigenvalue weighted by Gasteiger charge is -2.33. The molecule has 1 rings (SSSR count). The Labute approximate surface area is 88.7 Å². The lowest BCUT2D eigenvalue weighted by Crippen LogP contribution is -2.40. The van der Waals surface area contributed by atoms with E-state index in [9.17, 15) is 9.59 Å². The van der Waals surface area contributed by atoms with Crippen molar-refractivity contribution in [3.05, 3.63) is 0 Å². The molecule has 0 bridgehead atoms. The monoisotopic (exact) mass is 216 g/mol. The molecule has 1 aliphatic heterocycles. The van der Waals surface area contributed by atoms with E-state index in [2.05, 4.69) is 0 Å². The Morgan fingerprint density at radius 2 is 1.73 bits per heavy atom. The van der Waals surface area contributed by atoms with E-state index in [0.29, 0.717) is 12.8 Å². The summed E-state index contributed by atoms with van der Waals surface area (Å²) >= 11 is 0. The fourth-order valence-corrected chi connectivity index (χ4v) is 1.57. The van der Waals surface area contributed by atoms with Gasteiger partial charge in [0, 0.05) is 20.3 Å². The summed E-state index contributed by atoms with van der Waals surface area (Å²) in [6.45, 7) is 4.50. The fraction of sp³-hybridized carbons (Fsp3) is 0.800. The minimum Gasteiger partial charge on any atom is -0.460 e. The zero-order valence-corrected chi connectivity index (χ0v) is 9.19. The van der Waals surface area contributed by atoms with Gasteiger partial charge >= 0.3 is 11.9 Å². The molecular formula is C10H16O5. The van der Waals surface area contributed by atoms with Gasteiger partial charge in [-0.05, 0) is 13.3 Å². The van der Waals surface area contributed by atoms with Gasteiger partial charge < -0.3 is 14.2 Å². The minimum absolute atomic E-state index is 0.241. The molecule has 0 N–H and O–H groups in total. The van der Waals surface area contributed by atoms with E-state index < -0.39 is 6.29 Å². The Balaban J connectivity index is 2.40. The summed E-state index contributed by atoms with van der Waals surface area (Å²) in [7, 11) is 0. The first kappa shape index (κ1) is 12.0. The minimum atomic E-state index is -0.510.